The van der Waals surface area contributed by atoms with E-state index in [-0.39, 0.29) is 44.8 Å². The van der Waals surface area contributed by atoms with Crippen LogP contribution in [-0.2, 0) is 44.8 Å². The number of halogens is 8. The Morgan fingerprint density at radius 2 is 0.481 bits per heavy atom. The molecular weight excluding hydrogens is 966 g/mol. The third-order valence-electron chi connectivity index (χ3n) is 9.05. The van der Waals surface area contributed by atoms with E-state index >= 15 is 0 Å². The molecule has 4 aromatic rings. The normalized spacial score (nSPS) is 11.9. The van der Waals surface area contributed by atoms with Crippen molar-refractivity contribution in [1.82, 2.24) is 19.9 Å². The first-order valence-corrected chi connectivity index (χ1v) is 30.0. The fourth-order valence-electron chi connectivity index (χ4n) is 5.73. The minimum atomic E-state index is -6.00. The van der Waals surface area contributed by atoms with Crippen LogP contribution in [0.1, 0.15) is 12.8 Å². The van der Waals surface area contributed by atoms with Crippen molar-refractivity contribution in [3.05, 3.63) is 98.1 Å². The largest absolute Gasteiger partial charge is 1.00 e. The molecule has 0 unspecified atom stereocenters. The summed E-state index contributed by atoms with van der Waals surface area (Å²) < 4.78 is 78.0. The summed E-state index contributed by atoms with van der Waals surface area (Å²) in [5.41, 5.74) is 0. The number of aromatic nitrogens is 4. The molecule has 0 fully saturated rings. The Morgan fingerprint density at radius 3 is 0.611 bits per heavy atom. The quantitative estimate of drug-likeness (QED) is 0.105. The molecule has 54 heavy (non-hydrogen) atoms. The maximum absolute atomic E-state index is 9.75. The summed E-state index contributed by atoms with van der Waals surface area (Å²) in [6.45, 7) is 19.8. The van der Waals surface area contributed by atoms with Gasteiger partial charge < -0.3 is 34.5 Å². The molecule has 0 atom stereocenters. The van der Waals surface area contributed by atoms with Crippen LogP contribution in [0, 0.1) is 0 Å². The Bertz CT molecular complexity index is 1320. The van der Waals surface area contributed by atoms with E-state index in [0.717, 1.165) is 0 Å². The van der Waals surface area contributed by atoms with Gasteiger partial charge in [-0.15, -0.1) is 0 Å². The predicted octanol–water partition coefficient (Wildman–Crippen LogP) is 9.39. The monoisotopic (exact) mass is 1020 g/mol. The zero-order valence-electron chi connectivity index (χ0n) is 32.1. The first-order valence-electron chi connectivity index (χ1n) is 17.2. The topological polar surface area (TPSA) is 51.6 Å². The van der Waals surface area contributed by atoms with E-state index in [2.05, 4.69) is 121 Å². The summed E-state index contributed by atoms with van der Waals surface area (Å²) >= 11 is 0. The smallest absolute Gasteiger partial charge is 0.418 e. The summed E-state index contributed by atoms with van der Waals surface area (Å²) in [6, 6.07) is 23.1. The second-order valence-electron chi connectivity index (χ2n) is 15.2. The second-order valence-corrected chi connectivity index (χ2v) is 34.6. The summed E-state index contributed by atoms with van der Waals surface area (Å²) in [4.78, 5) is 16.6. The fraction of sp³-hybridized carbons (Fsp3) is 0.412. The van der Waals surface area contributed by atoms with Gasteiger partial charge in [-0.05, 0) is 48.5 Å². The van der Waals surface area contributed by atoms with Crippen molar-refractivity contribution in [2.75, 3.05) is 0 Å². The van der Waals surface area contributed by atoms with Gasteiger partial charge in [0.25, 0.3) is 0 Å². The van der Waals surface area contributed by atoms with E-state index in [1.807, 2.05) is 49.6 Å². The molecule has 4 heterocycles. The molecule has 4 aromatic heterocycles. The molecule has 0 aliphatic heterocycles. The molecule has 0 aromatic carbocycles. The van der Waals surface area contributed by atoms with Gasteiger partial charge in [0, 0.05) is 49.6 Å². The average Bonchev–Trinajstić information content (AvgIpc) is 3.05. The maximum atomic E-state index is 9.75. The molecule has 0 radical (unpaired) electrons. The van der Waals surface area contributed by atoms with Crippen LogP contribution in [0.25, 0.3) is 0 Å². The van der Waals surface area contributed by atoms with Crippen molar-refractivity contribution in [2.24, 2.45) is 0 Å². The first-order chi connectivity index (χ1) is 23.8. The van der Waals surface area contributed by atoms with E-state index in [4.69, 9.17) is 0 Å². The molecule has 20 heteroatoms. The Morgan fingerprint density at radius 1 is 0.352 bits per heavy atom. The van der Waals surface area contributed by atoms with Crippen molar-refractivity contribution < 1.29 is 79.3 Å². The molecule has 0 spiro atoms. The molecule has 0 aliphatic carbocycles. The van der Waals surface area contributed by atoms with Gasteiger partial charge in [-0.1, -0.05) is 110 Å². The standard InChI is InChI=1S/2C17H26N2Si2.2Ag.2BF4/c2*1-20(2,16-6-10-18-11-7-16)14-5-15-21(3,4)17-8-12-19-13-9-17;;;2*2-1(3,4)5/h2*6-13H,5,14-15H2,1-4H3;;;;/q;;2*+1;2*-1. The minimum Gasteiger partial charge on any atom is -0.418 e. The Balaban J connectivity index is 0. The molecule has 4 rings (SSSR count). The predicted molar refractivity (Wildman–Crippen MR) is 214 cm³/mol. The summed E-state index contributed by atoms with van der Waals surface area (Å²) in [5.74, 6) is 0. The molecule has 0 N–H and O–H groups in total. The molecule has 0 aliphatic rings. The second kappa shape index (κ2) is 25.0. The van der Waals surface area contributed by atoms with Gasteiger partial charge in [-0.3, -0.25) is 19.9 Å². The van der Waals surface area contributed by atoms with Crippen LogP contribution in [0.5, 0.6) is 0 Å². The maximum Gasteiger partial charge on any atom is 1.00 e. The number of rotatable bonds is 12. The van der Waals surface area contributed by atoms with Gasteiger partial charge in [0.15, 0.2) is 0 Å². The van der Waals surface area contributed by atoms with Gasteiger partial charge in [-0.2, -0.15) is 0 Å². The zero-order chi connectivity index (χ0) is 39.7. The number of nitrogens with zero attached hydrogens (tertiary/aromatic N) is 4. The minimum absolute atomic E-state index is 0. The van der Waals surface area contributed by atoms with E-state index < -0.39 is 46.8 Å². The Hall–Kier alpha value is -1.48. The summed E-state index contributed by atoms with van der Waals surface area (Å²) in [6.07, 6.45) is 18.1. The fourth-order valence-corrected chi connectivity index (χ4v) is 16.0. The van der Waals surface area contributed by atoms with Crippen molar-refractivity contribution >= 4 is 67.6 Å². The van der Waals surface area contributed by atoms with Crippen LogP contribution in [-0.4, -0.2) is 66.7 Å². The van der Waals surface area contributed by atoms with Crippen molar-refractivity contribution in [3.8, 4) is 0 Å². The van der Waals surface area contributed by atoms with Gasteiger partial charge in [0.2, 0.25) is 0 Å². The van der Waals surface area contributed by atoms with E-state index in [9.17, 15) is 34.5 Å². The van der Waals surface area contributed by atoms with E-state index in [1.165, 1.54) is 57.8 Å². The zero-order valence-corrected chi connectivity index (χ0v) is 39.0. The van der Waals surface area contributed by atoms with Crippen molar-refractivity contribution in [1.29, 1.82) is 0 Å². The molecule has 4 nitrogen and oxygen atoms in total. The molecule has 0 bridgehead atoms. The van der Waals surface area contributed by atoms with Crippen LogP contribution >= 0.6 is 0 Å². The number of hydrogen-bond donors (Lipinski definition) is 0. The first kappa shape index (κ1) is 54.6. The van der Waals surface area contributed by atoms with Crippen LogP contribution < -0.4 is 20.7 Å². The Labute approximate surface area is 351 Å². The molecule has 0 saturated carbocycles. The SMILES string of the molecule is C[Si](C)(CCC[Si](C)(C)c1ccncc1)c1ccncc1.C[Si](C)(CCC[Si](C)(C)c1ccncc1)c1ccncc1.F[B-](F)(F)F.F[B-](F)(F)F.[Ag+].[Ag+]. The van der Waals surface area contributed by atoms with Crippen molar-refractivity contribution in [3.63, 3.8) is 0 Å². The molecular formula is C34H52Ag2B2F8N4Si4. The van der Waals surface area contributed by atoms with Gasteiger partial charge in [-0.25, -0.2) is 0 Å². The third-order valence-corrected chi connectivity index (χ3v) is 23.1. The Kier molecular flexibility index (Phi) is 25.3. The third kappa shape index (κ3) is 24.9. The molecule has 0 saturated heterocycles. The number of hydrogen-bond acceptors (Lipinski definition) is 4. The van der Waals surface area contributed by atoms with Crippen LogP contribution in [0.2, 0.25) is 76.6 Å². The van der Waals surface area contributed by atoms with Crippen molar-refractivity contribution in [2.45, 2.75) is 89.4 Å². The summed E-state index contributed by atoms with van der Waals surface area (Å²) in [7, 11) is -17.2. The van der Waals surface area contributed by atoms with Crippen LogP contribution in [0.4, 0.5) is 34.5 Å². The van der Waals surface area contributed by atoms with Crippen LogP contribution in [0.3, 0.4) is 0 Å². The summed E-state index contributed by atoms with van der Waals surface area (Å²) in [5, 5.41) is 6.11. The van der Waals surface area contributed by atoms with Gasteiger partial charge in [0.1, 0.15) is 0 Å². The average molecular weight is 1020 g/mol. The molecule has 308 valence electrons. The van der Waals surface area contributed by atoms with E-state index in [1.54, 1.807) is 0 Å². The molecule has 0 amide bonds. The van der Waals surface area contributed by atoms with Gasteiger partial charge in [0.05, 0.1) is 32.3 Å². The van der Waals surface area contributed by atoms with Crippen LogP contribution in [0.15, 0.2) is 98.1 Å². The number of pyridine rings is 4. The van der Waals surface area contributed by atoms with Gasteiger partial charge >= 0.3 is 59.3 Å². The van der Waals surface area contributed by atoms with E-state index in [0.29, 0.717) is 0 Å².